The summed E-state index contributed by atoms with van der Waals surface area (Å²) in [6, 6.07) is 4.98. The van der Waals surface area contributed by atoms with E-state index in [1.54, 1.807) is 6.07 Å². The highest BCUT2D eigenvalue weighted by Crippen LogP contribution is 2.34. The molecule has 0 bridgehead atoms. The zero-order valence-corrected chi connectivity index (χ0v) is 11.3. The molecule has 0 fully saturated rings. The highest BCUT2D eigenvalue weighted by atomic mass is 19.4. The first-order valence-corrected chi connectivity index (χ1v) is 6.71. The van der Waals surface area contributed by atoms with Gasteiger partial charge in [-0.2, -0.15) is 13.2 Å². The van der Waals surface area contributed by atoms with Crippen molar-refractivity contribution >= 4 is 0 Å². The third-order valence-electron chi connectivity index (χ3n) is 3.10. The Morgan fingerprint density at radius 1 is 1.15 bits per heavy atom. The van der Waals surface area contributed by atoms with Gasteiger partial charge in [-0.3, -0.25) is 0 Å². The van der Waals surface area contributed by atoms with Gasteiger partial charge in [0.1, 0.15) is 0 Å². The minimum atomic E-state index is -4.37. The SMILES string of the molecule is NCC(NCCCCCO)c1ccccc1C(F)(F)F. The van der Waals surface area contributed by atoms with Gasteiger partial charge in [0.25, 0.3) is 0 Å². The van der Waals surface area contributed by atoms with Crippen molar-refractivity contribution in [2.45, 2.75) is 31.5 Å². The van der Waals surface area contributed by atoms with E-state index in [9.17, 15) is 13.2 Å². The van der Waals surface area contributed by atoms with Gasteiger partial charge in [-0.1, -0.05) is 18.2 Å². The molecule has 0 aromatic heterocycles. The quantitative estimate of drug-likeness (QED) is 0.645. The van der Waals surface area contributed by atoms with Crippen molar-refractivity contribution in [2.24, 2.45) is 5.73 Å². The number of aliphatic hydroxyl groups is 1. The van der Waals surface area contributed by atoms with Crippen LogP contribution in [0.3, 0.4) is 0 Å². The third-order valence-corrected chi connectivity index (χ3v) is 3.10. The number of hydrogen-bond acceptors (Lipinski definition) is 3. The molecule has 0 heterocycles. The van der Waals surface area contributed by atoms with Gasteiger partial charge < -0.3 is 16.2 Å². The molecule has 0 spiro atoms. The highest BCUT2D eigenvalue weighted by molar-refractivity contribution is 5.32. The minimum Gasteiger partial charge on any atom is -0.396 e. The molecule has 4 N–H and O–H groups in total. The van der Waals surface area contributed by atoms with E-state index in [4.69, 9.17) is 10.8 Å². The van der Waals surface area contributed by atoms with Gasteiger partial charge in [0.2, 0.25) is 0 Å². The molecule has 0 aliphatic heterocycles. The standard InChI is InChI=1S/C14H21F3N2O/c15-14(16,17)12-7-3-2-6-11(12)13(10-18)19-8-4-1-5-9-20/h2-3,6-7,13,19-20H,1,4-5,8-10,18H2. The van der Waals surface area contributed by atoms with Gasteiger partial charge in [-0.15, -0.1) is 0 Å². The first kappa shape index (κ1) is 16.9. The number of nitrogens with two attached hydrogens (primary N) is 1. The van der Waals surface area contributed by atoms with Crippen LogP contribution in [0.25, 0.3) is 0 Å². The molecule has 0 aliphatic rings. The Morgan fingerprint density at radius 3 is 2.45 bits per heavy atom. The summed E-state index contributed by atoms with van der Waals surface area (Å²) in [4.78, 5) is 0. The number of aliphatic hydroxyl groups excluding tert-OH is 1. The normalized spacial score (nSPS) is 13.4. The summed E-state index contributed by atoms with van der Waals surface area (Å²) in [6.45, 7) is 0.818. The predicted molar refractivity (Wildman–Crippen MR) is 72.2 cm³/mol. The van der Waals surface area contributed by atoms with Crippen LogP contribution in [0.15, 0.2) is 24.3 Å². The Balaban J connectivity index is 2.70. The molecule has 1 rings (SSSR count). The minimum absolute atomic E-state index is 0.104. The first-order chi connectivity index (χ1) is 9.50. The summed E-state index contributed by atoms with van der Waals surface area (Å²) in [5.74, 6) is 0. The van der Waals surface area contributed by atoms with E-state index in [2.05, 4.69) is 5.32 Å². The van der Waals surface area contributed by atoms with Gasteiger partial charge in [-0.05, 0) is 37.4 Å². The van der Waals surface area contributed by atoms with Gasteiger partial charge in [-0.25, -0.2) is 0 Å². The van der Waals surface area contributed by atoms with Crippen molar-refractivity contribution in [3.05, 3.63) is 35.4 Å². The largest absolute Gasteiger partial charge is 0.416 e. The van der Waals surface area contributed by atoms with Crippen molar-refractivity contribution in [1.82, 2.24) is 5.32 Å². The van der Waals surface area contributed by atoms with E-state index in [0.717, 1.165) is 18.9 Å². The summed E-state index contributed by atoms with van der Waals surface area (Å²) in [6.07, 6.45) is -2.04. The summed E-state index contributed by atoms with van der Waals surface area (Å²) < 4.78 is 38.8. The van der Waals surface area contributed by atoms with Gasteiger partial charge in [0.05, 0.1) is 5.56 Å². The number of alkyl halides is 3. The van der Waals surface area contributed by atoms with Crippen molar-refractivity contribution < 1.29 is 18.3 Å². The molecule has 6 heteroatoms. The maximum absolute atomic E-state index is 12.9. The summed E-state index contributed by atoms with van der Waals surface area (Å²) in [7, 11) is 0. The molecular weight excluding hydrogens is 269 g/mol. The van der Waals surface area contributed by atoms with Crippen LogP contribution in [-0.4, -0.2) is 24.8 Å². The summed E-state index contributed by atoms with van der Waals surface area (Å²) in [5.41, 5.74) is 5.13. The molecule has 0 saturated carbocycles. The summed E-state index contributed by atoms with van der Waals surface area (Å²) in [5, 5.41) is 11.7. The molecule has 0 amide bonds. The lowest BCUT2D eigenvalue weighted by Gasteiger charge is -2.21. The van der Waals surface area contributed by atoms with Crippen LogP contribution in [-0.2, 0) is 6.18 Å². The first-order valence-electron chi connectivity index (χ1n) is 6.71. The Hall–Kier alpha value is -1.11. The average molecular weight is 290 g/mol. The fourth-order valence-corrected chi connectivity index (χ4v) is 2.07. The Labute approximate surface area is 117 Å². The lowest BCUT2D eigenvalue weighted by atomic mass is 9.99. The fourth-order valence-electron chi connectivity index (χ4n) is 2.07. The molecule has 1 aromatic carbocycles. The van der Waals surface area contributed by atoms with Crippen LogP contribution in [0.2, 0.25) is 0 Å². The predicted octanol–water partition coefficient (Wildman–Crippen LogP) is 2.46. The number of halogens is 3. The van der Waals surface area contributed by atoms with Gasteiger partial charge in [0, 0.05) is 19.2 Å². The Bertz CT molecular complexity index is 396. The van der Waals surface area contributed by atoms with Crippen LogP contribution in [0.1, 0.15) is 36.4 Å². The van der Waals surface area contributed by atoms with Crippen LogP contribution < -0.4 is 11.1 Å². The van der Waals surface area contributed by atoms with E-state index in [0.29, 0.717) is 13.0 Å². The fraction of sp³-hybridized carbons (Fsp3) is 0.571. The molecule has 1 aromatic rings. The number of rotatable bonds is 8. The number of unbranched alkanes of at least 4 members (excludes halogenated alkanes) is 2. The molecule has 0 saturated heterocycles. The molecule has 0 aliphatic carbocycles. The van der Waals surface area contributed by atoms with Crippen LogP contribution in [0.5, 0.6) is 0 Å². The number of benzene rings is 1. The second-order valence-electron chi connectivity index (χ2n) is 4.61. The lowest BCUT2D eigenvalue weighted by Crippen LogP contribution is -2.31. The molecule has 20 heavy (non-hydrogen) atoms. The number of nitrogens with one attached hydrogen (secondary N) is 1. The van der Waals surface area contributed by atoms with Crippen LogP contribution >= 0.6 is 0 Å². The zero-order valence-electron chi connectivity index (χ0n) is 11.3. The van der Waals surface area contributed by atoms with Crippen molar-refractivity contribution in [3.8, 4) is 0 Å². The Kier molecular flexibility index (Phi) is 6.98. The molecule has 1 unspecified atom stereocenters. The highest BCUT2D eigenvalue weighted by Gasteiger charge is 2.34. The monoisotopic (exact) mass is 290 g/mol. The van der Waals surface area contributed by atoms with Gasteiger partial charge in [0.15, 0.2) is 0 Å². The molecule has 114 valence electrons. The Morgan fingerprint density at radius 2 is 1.85 bits per heavy atom. The molecule has 3 nitrogen and oxygen atoms in total. The maximum atomic E-state index is 12.9. The van der Waals surface area contributed by atoms with Crippen LogP contribution in [0.4, 0.5) is 13.2 Å². The van der Waals surface area contributed by atoms with Crippen LogP contribution in [0, 0.1) is 0 Å². The van der Waals surface area contributed by atoms with E-state index in [1.165, 1.54) is 12.1 Å². The van der Waals surface area contributed by atoms with Crippen molar-refractivity contribution in [3.63, 3.8) is 0 Å². The zero-order chi connectivity index (χ0) is 15.0. The number of hydrogen-bond donors (Lipinski definition) is 3. The van der Waals surface area contributed by atoms with Crippen molar-refractivity contribution in [2.75, 3.05) is 19.7 Å². The maximum Gasteiger partial charge on any atom is 0.416 e. The van der Waals surface area contributed by atoms with E-state index in [1.807, 2.05) is 0 Å². The van der Waals surface area contributed by atoms with E-state index >= 15 is 0 Å². The smallest absolute Gasteiger partial charge is 0.396 e. The second-order valence-corrected chi connectivity index (χ2v) is 4.61. The van der Waals surface area contributed by atoms with Crippen molar-refractivity contribution in [1.29, 1.82) is 0 Å². The third kappa shape index (κ3) is 5.11. The summed E-state index contributed by atoms with van der Waals surface area (Å²) >= 11 is 0. The molecule has 0 radical (unpaired) electrons. The topological polar surface area (TPSA) is 58.3 Å². The molecule has 1 atom stereocenters. The van der Waals surface area contributed by atoms with E-state index < -0.39 is 17.8 Å². The van der Waals surface area contributed by atoms with Gasteiger partial charge >= 0.3 is 6.18 Å². The van der Waals surface area contributed by atoms with E-state index in [-0.39, 0.29) is 18.7 Å². The second kappa shape index (κ2) is 8.24. The average Bonchev–Trinajstić information content (AvgIpc) is 2.42. The molecular formula is C14H21F3N2O. The lowest BCUT2D eigenvalue weighted by molar-refractivity contribution is -0.138.